The maximum atomic E-state index is 4.29. The molecule has 2 heterocycles. The van der Waals surface area contributed by atoms with E-state index in [1.165, 1.54) is 44.7 Å². The van der Waals surface area contributed by atoms with Crippen LogP contribution in [0.2, 0.25) is 0 Å². The average Bonchev–Trinajstić information content (AvgIpc) is 2.28. The van der Waals surface area contributed by atoms with Crippen LogP contribution in [0.3, 0.4) is 0 Å². The lowest BCUT2D eigenvalue weighted by atomic mass is 9.72. The summed E-state index contributed by atoms with van der Waals surface area (Å²) in [5, 5.41) is 3.44. The van der Waals surface area contributed by atoms with Crippen molar-refractivity contribution in [3.63, 3.8) is 0 Å². The summed E-state index contributed by atoms with van der Waals surface area (Å²) in [5.74, 6) is 0. The van der Waals surface area contributed by atoms with E-state index in [4.69, 9.17) is 0 Å². The van der Waals surface area contributed by atoms with Crippen LogP contribution in [0.4, 0.5) is 0 Å². The number of rotatable bonds is 3. The minimum absolute atomic E-state index is 0.580. The summed E-state index contributed by atoms with van der Waals surface area (Å²) in [6.07, 6.45) is 6.72. The predicted molar refractivity (Wildman–Crippen MR) is 73.2 cm³/mol. The second kappa shape index (κ2) is 5.05. The van der Waals surface area contributed by atoms with E-state index in [-0.39, 0.29) is 0 Å². The lowest BCUT2D eigenvalue weighted by Crippen LogP contribution is -2.59. The number of hydrogen-bond donors (Lipinski definition) is 1. The third-order valence-electron chi connectivity index (χ3n) is 3.79. The van der Waals surface area contributed by atoms with Gasteiger partial charge in [0.1, 0.15) is 0 Å². The minimum atomic E-state index is 0.580. The number of piperidine rings is 1. The van der Waals surface area contributed by atoms with Crippen molar-refractivity contribution in [1.82, 2.24) is 10.2 Å². The molecular formula is C14H23N3. The van der Waals surface area contributed by atoms with Gasteiger partial charge in [0.25, 0.3) is 0 Å². The highest BCUT2D eigenvalue weighted by Crippen LogP contribution is 2.40. The number of allylic oxidation sites excluding steroid dienone is 3. The lowest BCUT2D eigenvalue weighted by molar-refractivity contribution is 0.00701. The topological polar surface area (TPSA) is 27.6 Å². The van der Waals surface area contributed by atoms with Crippen molar-refractivity contribution in [2.75, 3.05) is 26.2 Å². The van der Waals surface area contributed by atoms with Crippen LogP contribution in [0.1, 0.15) is 26.7 Å². The Balaban J connectivity index is 1.91. The molecule has 2 aliphatic heterocycles. The van der Waals surface area contributed by atoms with Crippen molar-refractivity contribution in [2.45, 2.75) is 26.7 Å². The Morgan fingerprint density at radius 1 is 1.35 bits per heavy atom. The van der Waals surface area contributed by atoms with Crippen molar-refractivity contribution in [3.05, 3.63) is 24.0 Å². The smallest absolute Gasteiger partial charge is 0.0509 e. The zero-order chi connectivity index (χ0) is 12.3. The van der Waals surface area contributed by atoms with Gasteiger partial charge in [-0.25, -0.2) is 0 Å². The highest BCUT2D eigenvalue weighted by Gasteiger charge is 2.43. The quantitative estimate of drug-likeness (QED) is 0.757. The molecule has 2 aliphatic rings. The van der Waals surface area contributed by atoms with E-state index in [0.717, 1.165) is 5.70 Å². The van der Waals surface area contributed by atoms with Crippen molar-refractivity contribution >= 4 is 6.21 Å². The van der Waals surface area contributed by atoms with Crippen LogP contribution >= 0.6 is 0 Å². The van der Waals surface area contributed by atoms with Gasteiger partial charge in [-0.15, -0.1) is 0 Å². The second-order valence-electron chi connectivity index (χ2n) is 5.31. The first-order valence-corrected chi connectivity index (χ1v) is 6.47. The monoisotopic (exact) mass is 233 g/mol. The highest BCUT2D eigenvalue weighted by atomic mass is 15.2. The third kappa shape index (κ3) is 2.78. The fourth-order valence-corrected chi connectivity index (χ4v) is 2.73. The summed E-state index contributed by atoms with van der Waals surface area (Å²) in [6, 6.07) is 0. The van der Waals surface area contributed by atoms with Gasteiger partial charge in [0.2, 0.25) is 0 Å². The molecule has 94 valence electrons. The number of likely N-dealkylation sites (tertiary alicyclic amines) is 1. The first-order valence-electron chi connectivity index (χ1n) is 6.47. The van der Waals surface area contributed by atoms with E-state index < -0.39 is 0 Å². The molecule has 3 heteroatoms. The van der Waals surface area contributed by atoms with Crippen molar-refractivity contribution in [1.29, 1.82) is 0 Å². The van der Waals surface area contributed by atoms with Gasteiger partial charge >= 0.3 is 0 Å². The maximum absolute atomic E-state index is 4.29. The van der Waals surface area contributed by atoms with Crippen LogP contribution in [0, 0.1) is 5.41 Å². The maximum Gasteiger partial charge on any atom is 0.0509 e. The van der Waals surface area contributed by atoms with E-state index >= 15 is 0 Å². The van der Waals surface area contributed by atoms with Crippen molar-refractivity contribution in [2.24, 2.45) is 10.4 Å². The summed E-state index contributed by atoms with van der Waals surface area (Å²) >= 11 is 0. The molecule has 0 aromatic rings. The molecule has 0 amide bonds. The molecule has 1 spiro atoms. The zero-order valence-electron chi connectivity index (χ0n) is 11.0. The number of hydrogen-bond acceptors (Lipinski definition) is 3. The average molecular weight is 233 g/mol. The molecule has 0 unspecified atom stereocenters. The zero-order valence-corrected chi connectivity index (χ0v) is 11.0. The fourth-order valence-electron chi connectivity index (χ4n) is 2.73. The standard InChI is InChI=1S/C14H23N3/c1-4-13(9-16-12(2)3)17-10-14(11-17)5-7-15-8-6-14/h4,9,15H,2,5-8,10-11H2,1,3H3/b13-4+,16-9?. The summed E-state index contributed by atoms with van der Waals surface area (Å²) in [7, 11) is 0. The number of aliphatic imine (C=N–C) groups is 1. The molecule has 0 radical (unpaired) electrons. The van der Waals surface area contributed by atoms with Crippen LogP contribution in [0.25, 0.3) is 0 Å². The second-order valence-corrected chi connectivity index (χ2v) is 5.31. The summed E-state index contributed by atoms with van der Waals surface area (Å²) in [4.78, 5) is 6.72. The van der Waals surface area contributed by atoms with Gasteiger partial charge < -0.3 is 10.2 Å². The number of nitrogens with zero attached hydrogens (tertiary/aromatic N) is 2. The Bertz CT molecular complexity index is 340. The lowest BCUT2D eigenvalue weighted by Gasteiger charge is -2.53. The Morgan fingerprint density at radius 3 is 2.53 bits per heavy atom. The SMILES string of the molecule is C=C(C)N=C/C(=C\C)N1CC2(CCNCC2)C1. The fraction of sp³-hybridized carbons (Fsp3) is 0.643. The van der Waals surface area contributed by atoms with Gasteiger partial charge in [-0.1, -0.05) is 12.7 Å². The van der Waals surface area contributed by atoms with Crippen LogP contribution in [0.5, 0.6) is 0 Å². The van der Waals surface area contributed by atoms with E-state index in [9.17, 15) is 0 Å². The predicted octanol–water partition coefficient (Wildman–Crippen LogP) is 2.18. The van der Waals surface area contributed by atoms with E-state index in [0.29, 0.717) is 5.41 Å². The van der Waals surface area contributed by atoms with Gasteiger partial charge in [-0.2, -0.15) is 0 Å². The molecule has 17 heavy (non-hydrogen) atoms. The summed E-state index contributed by atoms with van der Waals surface area (Å²) in [6.45, 7) is 12.5. The van der Waals surface area contributed by atoms with Gasteiger partial charge in [-0.3, -0.25) is 4.99 Å². The van der Waals surface area contributed by atoms with Crippen LogP contribution in [-0.4, -0.2) is 37.3 Å². The molecule has 1 N–H and O–H groups in total. The Kier molecular flexibility index (Phi) is 3.67. The highest BCUT2D eigenvalue weighted by molar-refractivity contribution is 5.78. The molecule has 0 aromatic heterocycles. The Labute approximate surface area is 104 Å². The van der Waals surface area contributed by atoms with Crippen molar-refractivity contribution in [3.8, 4) is 0 Å². The van der Waals surface area contributed by atoms with E-state index in [1.54, 1.807) is 0 Å². The molecule has 2 saturated heterocycles. The van der Waals surface area contributed by atoms with Crippen LogP contribution in [-0.2, 0) is 0 Å². The first kappa shape index (κ1) is 12.4. The summed E-state index contributed by atoms with van der Waals surface area (Å²) < 4.78 is 0. The van der Waals surface area contributed by atoms with Crippen LogP contribution in [0.15, 0.2) is 29.0 Å². The molecule has 0 aromatic carbocycles. The van der Waals surface area contributed by atoms with E-state index in [2.05, 4.69) is 34.8 Å². The molecule has 0 bridgehead atoms. The Morgan fingerprint density at radius 2 is 2.00 bits per heavy atom. The number of nitrogens with one attached hydrogen (secondary N) is 1. The van der Waals surface area contributed by atoms with Gasteiger partial charge in [0, 0.05) is 24.2 Å². The van der Waals surface area contributed by atoms with Crippen molar-refractivity contribution < 1.29 is 0 Å². The first-order chi connectivity index (χ1) is 8.15. The minimum Gasteiger partial charge on any atom is -0.369 e. The van der Waals surface area contributed by atoms with Crippen LogP contribution < -0.4 is 5.32 Å². The molecule has 3 nitrogen and oxygen atoms in total. The van der Waals surface area contributed by atoms with E-state index in [1.807, 2.05) is 13.1 Å². The molecule has 0 atom stereocenters. The molecular weight excluding hydrogens is 210 g/mol. The molecule has 0 aliphatic carbocycles. The van der Waals surface area contributed by atoms with Gasteiger partial charge in [0.15, 0.2) is 0 Å². The molecule has 0 saturated carbocycles. The van der Waals surface area contributed by atoms with Gasteiger partial charge in [0.05, 0.1) is 11.9 Å². The molecule has 2 fully saturated rings. The van der Waals surface area contributed by atoms with Gasteiger partial charge in [-0.05, 0) is 39.8 Å². The Hall–Kier alpha value is -1.09. The third-order valence-corrected chi connectivity index (χ3v) is 3.79. The molecule has 2 rings (SSSR count). The normalized spacial score (nSPS) is 24.1. The largest absolute Gasteiger partial charge is 0.369 e. The summed E-state index contributed by atoms with van der Waals surface area (Å²) in [5.41, 5.74) is 2.68.